The molecule has 0 fully saturated rings. The Kier molecular flexibility index (Phi) is 4.08. The van der Waals surface area contributed by atoms with E-state index < -0.39 is 15.4 Å². The summed E-state index contributed by atoms with van der Waals surface area (Å²) in [4.78, 5) is 11.8. The molecule has 10 heteroatoms. The molecular formula is C14H13ClN4O4S. The molecule has 0 aliphatic carbocycles. The van der Waals surface area contributed by atoms with Crippen molar-refractivity contribution in [1.29, 1.82) is 0 Å². The monoisotopic (exact) mass is 368 g/mol. The summed E-state index contributed by atoms with van der Waals surface area (Å²) in [6.45, 7) is -0.332. The number of hydrogen-bond acceptors (Lipinski definition) is 6. The second kappa shape index (κ2) is 5.93. The molecule has 0 unspecified atom stereocenters. The first-order chi connectivity index (χ1) is 11.4. The summed E-state index contributed by atoms with van der Waals surface area (Å²) in [5.74, 6) is -0.132. The van der Waals surface area contributed by atoms with Crippen LogP contribution in [0.5, 0.6) is 0 Å². The maximum Gasteiger partial charge on any atom is 0.288 e. The Balaban J connectivity index is 2.38. The fourth-order valence-electron chi connectivity index (χ4n) is 2.55. The average molecular weight is 369 g/mol. The number of halogens is 1. The number of nitrogens with one attached hydrogen (secondary N) is 1. The van der Waals surface area contributed by atoms with Gasteiger partial charge in [-0.2, -0.15) is 5.10 Å². The van der Waals surface area contributed by atoms with Gasteiger partial charge in [-0.05, 0) is 24.3 Å². The van der Waals surface area contributed by atoms with Crippen LogP contribution in [-0.2, 0) is 16.4 Å². The minimum absolute atomic E-state index is 0.0121. The lowest BCUT2D eigenvalue weighted by molar-refractivity contribution is 0.278. The largest absolute Gasteiger partial charge is 0.395 e. The Morgan fingerprint density at radius 2 is 1.96 bits per heavy atom. The molecule has 24 heavy (non-hydrogen) atoms. The second-order valence-corrected chi connectivity index (χ2v) is 7.33. The Morgan fingerprint density at radius 1 is 1.29 bits per heavy atom. The van der Waals surface area contributed by atoms with Crippen LogP contribution < -0.4 is 11.3 Å². The van der Waals surface area contributed by atoms with Crippen molar-refractivity contribution in [3.05, 3.63) is 45.8 Å². The highest BCUT2D eigenvalue weighted by atomic mass is 35.5. The molecule has 0 radical (unpaired) electrons. The van der Waals surface area contributed by atoms with Crippen molar-refractivity contribution >= 4 is 38.2 Å². The van der Waals surface area contributed by atoms with Gasteiger partial charge in [0.25, 0.3) is 5.56 Å². The summed E-state index contributed by atoms with van der Waals surface area (Å²) in [5.41, 5.74) is 5.44. The van der Waals surface area contributed by atoms with Crippen LogP contribution >= 0.6 is 11.6 Å². The van der Waals surface area contributed by atoms with Gasteiger partial charge in [-0.25, -0.2) is 13.5 Å². The van der Waals surface area contributed by atoms with Crippen molar-refractivity contribution in [2.45, 2.75) is 16.3 Å². The minimum atomic E-state index is -4.01. The lowest BCUT2D eigenvalue weighted by Crippen LogP contribution is -2.14. The first-order valence-electron chi connectivity index (χ1n) is 6.84. The summed E-state index contributed by atoms with van der Waals surface area (Å²) in [6, 6.07) is 5.60. The smallest absolute Gasteiger partial charge is 0.288 e. The minimum Gasteiger partial charge on any atom is -0.395 e. The summed E-state index contributed by atoms with van der Waals surface area (Å²) in [6.07, 6.45) is 1.23. The quantitative estimate of drug-likeness (QED) is 0.623. The van der Waals surface area contributed by atoms with Crippen molar-refractivity contribution in [1.82, 2.24) is 14.8 Å². The van der Waals surface area contributed by atoms with Gasteiger partial charge < -0.3 is 15.4 Å². The number of aliphatic hydroxyl groups excluding tert-OH is 1. The molecule has 4 N–H and O–H groups in total. The van der Waals surface area contributed by atoms with E-state index in [0.29, 0.717) is 5.02 Å². The van der Waals surface area contributed by atoms with E-state index in [9.17, 15) is 18.3 Å². The zero-order valence-electron chi connectivity index (χ0n) is 12.2. The van der Waals surface area contributed by atoms with Crippen molar-refractivity contribution in [3.8, 4) is 0 Å². The average Bonchev–Trinajstić information content (AvgIpc) is 2.82. The maximum atomic E-state index is 13.0. The molecule has 1 aromatic carbocycles. The van der Waals surface area contributed by atoms with Crippen molar-refractivity contribution in [3.63, 3.8) is 0 Å². The number of fused-ring (bicyclic) bond motifs is 1. The number of aromatic amines is 1. The molecule has 3 aromatic rings. The first-order valence-corrected chi connectivity index (χ1v) is 8.71. The third kappa shape index (κ3) is 2.46. The van der Waals surface area contributed by atoms with Gasteiger partial charge in [0, 0.05) is 17.0 Å². The Morgan fingerprint density at radius 3 is 2.58 bits per heavy atom. The van der Waals surface area contributed by atoms with Crippen LogP contribution in [0.3, 0.4) is 0 Å². The molecule has 0 spiro atoms. The summed E-state index contributed by atoms with van der Waals surface area (Å²) in [7, 11) is -4.01. The molecular weight excluding hydrogens is 356 g/mol. The van der Waals surface area contributed by atoms with Crippen molar-refractivity contribution in [2.24, 2.45) is 0 Å². The van der Waals surface area contributed by atoms with Gasteiger partial charge in [-0.3, -0.25) is 4.79 Å². The van der Waals surface area contributed by atoms with E-state index in [1.165, 1.54) is 35.0 Å². The van der Waals surface area contributed by atoms with Crippen molar-refractivity contribution < 1.29 is 13.5 Å². The van der Waals surface area contributed by atoms with Crippen LogP contribution in [0.4, 0.5) is 5.82 Å². The molecule has 2 heterocycles. The van der Waals surface area contributed by atoms with Gasteiger partial charge in [0.15, 0.2) is 0 Å². The van der Waals surface area contributed by atoms with E-state index in [1.807, 2.05) is 0 Å². The predicted molar refractivity (Wildman–Crippen MR) is 88.8 cm³/mol. The normalized spacial score (nSPS) is 11.9. The molecule has 0 aliphatic heterocycles. The Labute approximate surface area is 141 Å². The number of nitrogens with zero attached hydrogens (tertiary/aromatic N) is 2. The molecule has 126 valence electrons. The fraction of sp³-hybridized carbons (Fsp3) is 0.143. The van der Waals surface area contributed by atoms with Gasteiger partial charge in [0.05, 0.1) is 17.7 Å². The Hall–Kier alpha value is -2.36. The molecule has 0 bridgehead atoms. The highest BCUT2D eigenvalue weighted by Gasteiger charge is 2.29. The van der Waals surface area contributed by atoms with Crippen LogP contribution in [0.2, 0.25) is 5.02 Å². The standard InChI is InChI=1S/C14H13ClN4O4S/c15-8-1-3-9(4-2-8)24(22,23)12-10-7-17-18-14(21)11(10)19(5-6-20)13(12)16/h1-4,7,20H,5-6,16H2,(H,18,21). The number of nitrogen functional groups attached to an aromatic ring is 1. The van der Waals surface area contributed by atoms with Gasteiger partial charge >= 0.3 is 0 Å². The van der Waals surface area contributed by atoms with Gasteiger partial charge in [0.2, 0.25) is 9.84 Å². The number of aliphatic hydroxyl groups is 1. The van der Waals surface area contributed by atoms with Crippen molar-refractivity contribution in [2.75, 3.05) is 12.3 Å². The van der Waals surface area contributed by atoms with Crippen LogP contribution in [0.15, 0.2) is 45.0 Å². The van der Waals surface area contributed by atoms with Crippen LogP contribution in [-0.4, -0.2) is 34.9 Å². The number of hydrogen-bond donors (Lipinski definition) is 3. The molecule has 2 aromatic heterocycles. The number of rotatable bonds is 4. The van der Waals surface area contributed by atoms with Gasteiger partial charge in [-0.15, -0.1) is 0 Å². The molecule has 0 saturated carbocycles. The zero-order valence-corrected chi connectivity index (χ0v) is 13.8. The topological polar surface area (TPSA) is 131 Å². The summed E-state index contributed by atoms with van der Waals surface area (Å²) < 4.78 is 27.2. The van der Waals surface area contributed by atoms with E-state index in [1.54, 1.807) is 0 Å². The number of anilines is 1. The molecule has 0 atom stereocenters. The second-order valence-electron chi connectivity index (χ2n) is 5.01. The first kappa shape index (κ1) is 16.5. The highest BCUT2D eigenvalue weighted by molar-refractivity contribution is 7.92. The number of aromatic nitrogens is 3. The van der Waals surface area contributed by atoms with E-state index in [0.717, 1.165) is 0 Å². The molecule has 8 nitrogen and oxygen atoms in total. The van der Waals surface area contributed by atoms with E-state index in [4.69, 9.17) is 17.3 Å². The molecule has 0 saturated heterocycles. The molecule has 0 amide bonds. The molecule has 3 rings (SSSR count). The fourth-order valence-corrected chi connectivity index (χ4v) is 4.23. The van der Waals surface area contributed by atoms with E-state index >= 15 is 0 Å². The predicted octanol–water partition coefficient (Wildman–Crippen LogP) is 0.785. The SMILES string of the molecule is Nc1c(S(=O)(=O)c2ccc(Cl)cc2)c2cn[nH]c(=O)c2n1CCO. The van der Waals surface area contributed by atoms with Crippen LogP contribution in [0, 0.1) is 0 Å². The van der Waals surface area contributed by atoms with Gasteiger partial charge in [-0.1, -0.05) is 11.6 Å². The highest BCUT2D eigenvalue weighted by Crippen LogP contribution is 2.34. The number of sulfone groups is 1. The van der Waals surface area contributed by atoms with Crippen LogP contribution in [0.1, 0.15) is 0 Å². The summed E-state index contributed by atoms with van der Waals surface area (Å²) >= 11 is 5.79. The molecule has 0 aliphatic rings. The zero-order chi connectivity index (χ0) is 17.5. The number of benzene rings is 1. The third-order valence-electron chi connectivity index (χ3n) is 3.58. The van der Waals surface area contributed by atoms with Gasteiger partial charge in [0.1, 0.15) is 16.2 Å². The third-order valence-corrected chi connectivity index (χ3v) is 5.70. The maximum absolute atomic E-state index is 13.0. The van der Waals surface area contributed by atoms with E-state index in [-0.39, 0.29) is 39.7 Å². The lowest BCUT2D eigenvalue weighted by Gasteiger charge is -2.07. The summed E-state index contributed by atoms with van der Waals surface area (Å²) in [5, 5.41) is 15.6. The lowest BCUT2D eigenvalue weighted by atomic mass is 10.3. The Bertz CT molecular complexity index is 1070. The number of H-pyrrole nitrogens is 1. The number of nitrogens with two attached hydrogens (primary N) is 1. The van der Waals surface area contributed by atoms with Crippen LogP contribution in [0.25, 0.3) is 10.9 Å². The van der Waals surface area contributed by atoms with E-state index in [2.05, 4.69) is 10.2 Å².